The van der Waals surface area contributed by atoms with E-state index in [-0.39, 0.29) is 5.88 Å². The molecule has 1 aromatic rings. The summed E-state index contributed by atoms with van der Waals surface area (Å²) < 4.78 is 26.5. The van der Waals surface area contributed by atoms with Crippen molar-refractivity contribution in [2.75, 3.05) is 24.8 Å². The summed E-state index contributed by atoms with van der Waals surface area (Å²) in [5.74, 6) is -0.181. The summed E-state index contributed by atoms with van der Waals surface area (Å²) in [4.78, 5) is 14.0. The van der Waals surface area contributed by atoms with Crippen LogP contribution < -0.4 is 10.0 Å². The van der Waals surface area contributed by atoms with Gasteiger partial charge in [0.25, 0.3) is 0 Å². The van der Waals surface area contributed by atoms with Crippen LogP contribution >= 0.6 is 0 Å². The zero-order valence-electron chi connectivity index (χ0n) is 15.0. The number of amides is 2. The van der Waals surface area contributed by atoms with Crippen LogP contribution in [0.1, 0.15) is 48.4 Å². The molecule has 2 aliphatic rings. The maximum Gasteiger partial charge on any atom is 0.332 e. The monoisotopic (exact) mass is 365 g/mol. The molecule has 6 nitrogen and oxygen atoms in total. The number of fused-ring (bicyclic) bond motifs is 2. The molecule has 0 saturated carbocycles. The van der Waals surface area contributed by atoms with E-state index >= 15 is 0 Å². The molecule has 3 rings (SSSR count). The number of benzene rings is 1. The highest BCUT2D eigenvalue weighted by Gasteiger charge is 2.26. The van der Waals surface area contributed by atoms with Crippen LogP contribution in [0.3, 0.4) is 0 Å². The smallest absolute Gasteiger partial charge is 0.307 e. The molecule has 0 radical (unpaired) electrons. The number of urea groups is 1. The fourth-order valence-electron chi connectivity index (χ4n) is 4.02. The first-order chi connectivity index (χ1) is 11.9. The molecule has 138 valence electrons. The second kappa shape index (κ2) is 7.33. The van der Waals surface area contributed by atoms with Crippen molar-refractivity contribution in [1.29, 1.82) is 0 Å². The van der Waals surface area contributed by atoms with Crippen molar-refractivity contribution in [3.05, 3.63) is 28.3 Å². The maximum absolute atomic E-state index is 12.3. The molecule has 0 fully saturated rings. The molecule has 0 unspecified atom stereocenters. The lowest BCUT2D eigenvalue weighted by molar-refractivity contribution is 0.256. The third-order valence-electron chi connectivity index (χ3n) is 4.96. The zero-order valence-corrected chi connectivity index (χ0v) is 15.8. The lowest BCUT2D eigenvalue weighted by Crippen LogP contribution is -2.40. The van der Waals surface area contributed by atoms with Gasteiger partial charge in [0.05, 0.1) is 0 Å². The number of anilines is 1. The molecule has 2 amide bonds. The first-order valence-corrected chi connectivity index (χ1v) is 10.7. The normalized spacial score (nSPS) is 16.0. The Morgan fingerprint density at radius 1 is 1.12 bits per heavy atom. The Morgan fingerprint density at radius 2 is 1.72 bits per heavy atom. The van der Waals surface area contributed by atoms with Crippen LogP contribution in [-0.4, -0.2) is 38.8 Å². The predicted molar refractivity (Wildman–Crippen MR) is 99.4 cm³/mol. The minimum atomic E-state index is -3.69. The molecule has 0 bridgehead atoms. The van der Waals surface area contributed by atoms with Crippen molar-refractivity contribution in [2.24, 2.45) is 0 Å². The van der Waals surface area contributed by atoms with Gasteiger partial charge in [-0.15, -0.1) is 0 Å². The largest absolute Gasteiger partial charge is 0.332 e. The fourth-order valence-corrected chi connectivity index (χ4v) is 5.12. The van der Waals surface area contributed by atoms with Gasteiger partial charge in [-0.05, 0) is 80.8 Å². The molecular weight excluding hydrogens is 338 g/mol. The van der Waals surface area contributed by atoms with Gasteiger partial charge < -0.3 is 5.32 Å². The van der Waals surface area contributed by atoms with Gasteiger partial charge in [0, 0.05) is 5.69 Å². The van der Waals surface area contributed by atoms with E-state index in [0.29, 0.717) is 6.54 Å². The van der Waals surface area contributed by atoms with Crippen molar-refractivity contribution in [3.8, 4) is 0 Å². The van der Waals surface area contributed by atoms with Crippen LogP contribution in [0.4, 0.5) is 10.5 Å². The van der Waals surface area contributed by atoms with Crippen LogP contribution in [0.15, 0.2) is 6.07 Å². The van der Waals surface area contributed by atoms with Crippen LogP contribution in [0.5, 0.6) is 0 Å². The van der Waals surface area contributed by atoms with Crippen molar-refractivity contribution >= 4 is 21.7 Å². The van der Waals surface area contributed by atoms with Gasteiger partial charge in [0.2, 0.25) is 10.0 Å². The summed E-state index contributed by atoms with van der Waals surface area (Å²) in [6, 6.07) is 1.63. The third kappa shape index (κ3) is 4.15. The molecule has 2 N–H and O–H groups in total. The van der Waals surface area contributed by atoms with Crippen molar-refractivity contribution in [1.82, 2.24) is 9.62 Å². The number of rotatable bonds is 6. The fraction of sp³-hybridized carbons (Fsp3) is 0.611. The average molecular weight is 365 g/mol. The van der Waals surface area contributed by atoms with E-state index in [9.17, 15) is 13.2 Å². The number of aryl methyl sites for hydroxylation is 2. The first kappa shape index (κ1) is 18.2. The molecule has 2 aliphatic carbocycles. The summed E-state index contributed by atoms with van der Waals surface area (Å²) in [6.07, 6.45) is 7.02. The zero-order chi connectivity index (χ0) is 18.0. The maximum atomic E-state index is 12.3. The number of carbonyl (C=O) groups excluding carboxylic acids is 1. The lowest BCUT2D eigenvalue weighted by Gasteiger charge is -2.18. The van der Waals surface area contributed by atoms with Crippen molar-refractivity contribution in [3.63, 3.8) is 0 Å². The Labute approximate surface area is 150 Å². The van der Waals surface area contributed by atoms with Crippen LogP contribution in [0.2, 0.25) is 0 Å². The minimum Gasteiger partial charge on any atom is -0.307 e. The van der Waals surface area contributed by atoms with E-state index in [1.807, 2.05) is 6.92 Å². The van der Waals surface area contributed by atoms with Crippen LogP contribution in [-0.2, 0) is 35.7 Å². The van der Waals surface area contributed by atoms with E-state index in [1.54, 1.807) is 11.9 Å². The standard InChI is InChI=1S/C18H27N3O3S/c1-3-10-21(2)12-25(23,24)20-18(22)19-17-15-8-4-6-13(15)11-14-7-5-9-16(14)17/h11H,3-10,12H2,1-2H3,(H2,19,20,22). The Kier molecular flexibility index (Phi) is 5.34. The summed E-state index contributed by atoms with van der Waals surface area (Å²) in [5.41, 5.74) is 5.85. The molecule has 1 aromatic carbocycles. The Hall–Kier alpha value is -1.60. The van der Waals surface area contributed by atoms with E-state index in [4.69, 9.17) is 0 Å². The van der Waals surface area contributed by atoms with Gasteiger partial charge in [-0.3, -0.25) is 4.90 Å². The SMILES string of the molecule is CCCN(C)CS(=O)(=O)NC(=O)Nc1c2c(cc3c1CCC3)CCC2. The molecule has 0 atom stereocenters. The summed E-state index contributed by atoms with van der Waals surface area (Å²) in [7, 11) is -1.95. The van der Waals surface area contributed by atoms with Crippen LogP contribution in [0.25, 0.3) is 0 Å². The van der Waals surface area contributed by atoms with Gasteiger partial charge in [-0.1, -0.05) is 13.0 Å². The molecule has 7 heteroatoms. The van der Waals surface area contributed by atoms with Gasteiger partial charge in [0.1, 0.15) is 5.88 Å². The average Bonchev–Trinajstić information content (AvgIpc) is 3.14. The number of carbonyl (C=O) groups is 1. The number of nitrogens with one attached hydrogen (secondary N) is 2. The van der Waals surface area contributed by atoms with Crippen molar-refractivity contribution in [2.45, 2.75) is 51.9 Å². The highest BCUT2D eigenvalue weighted by atomic mass is 32.2. The van der Waals surface area contributed by atoms with Gasteiger partial charge in [0.15, 0.2) is 0 Å². The second-order valence-electron chi connectivity index (χ2n) is 7.11. The molecule has 0 aromatic heterocycles. The van der Waals surface area contributed by atoms with E-state index in [2.05, 4.69) is 16.1 Å². The molecular formula is C18H27N3O3S. The molecule has 0 heterocycles. The highest BCUT2D eigenvalue weighted by Crippen LogP contribution is 2.38. The van der Waals surface area contributed by atoms with E-state index in [0.717, 1.165) is 50.6 Å². The molecule has 25 heavy (non-hydrogen) atoms. The molecule has 0 saturated heterocycles. The topological polar surface area (TPSA) is 78.5 Å². The predicted octanol–water partition coefficient (Wildman–Crippen LogP) is 2.41. The molecule has 0 aliphatic heterocycles. The second-order valence-corrected chi connectivity index (χ2v) is 8.81. The van der Waals surface area contributed by atoms with Gasteiger partial charge in [-0.25, -0.2) is 17.9 Å². The van der Waals surface area contributed by atoms with Gasteiger partial charge in [-0.2, -0.15) is 0 Å². The summed E-state index contributed by atoms with van der Waals surface area (Å²) >= 11 is 0. The summed E-state index contributed by atoms with van der Waals surface area (Å²) in [6.45, 7) is 2.65. The van der Waals surface area contributed by atoms with E-state index in [1.165, 1.54) is 22.3 Å². The van der Waals surface area contributed by atoms with E-state index < -0.39 is 16.1 Å². The first-order valence-electron chi connectivity index (χ1n) is 9.06. The quantitative estimate of drug-likeness (QED) is 0.811. The Morgan fingerprint density at radius 3 is 2.28 bits per heavy atom. The Bertz CT molecular complexity index is 742. The third-order valence-corrected chi connectivity index (χ3v) is 6.23. The minimum absolute atomic E-state index is 0.181. The highest BCUT2D eigenvalue weighted by molar-refractivity contribution is 7.89. The number of sulfonamides is 1. The number of nitrogens with zero attached hydrogens (tertiary/aromatic N) is 1. The Balaban J connectivity index is 1.74. The summed E-state index contributed by atoms with van der Waals surface area (Å²) in [5, 5.41) is 2.86. The van der Waals surface area contributed by atoms with Gasteiger partial charge >= 0.3 is 6.03 Å². The number of hydrogen-bond donors (Lipinski definition) is 2. The molecule has 0 spiro atoms. The lowest BCUT2D eigenvalue weighted by atomic mass is 9.99. The van der Waals surface area contributed by atoms with Crippen molar-refractivity contribution < 1.29 is 13.2 Å². The number of hydrogen-bond acceptors (Lipinski definition) is 4. The van der Waals surface area contributed by atoms with Crippen LogP contribution in [0, 0.1) is 0 Å².